The zero-order valence-corrected chi connectivity index (χ0v) is 8.18. The molecular weight excluding hydrogens is 176 g/mol. The van der Waals surface area contributed by atoms with Crippen LogP contribution in [-0.4, -0.2) is 13.3 Å². The molecule has 0 aromatic carbocycles. The molecule has 0 amide bonds. The first-order valence-electron chi connectivity index (χ1n) is 3.84. The Balaban J connectivity index is 0. The molecule has 0 aromatic heterocycles. The molecule has 0 saturated heterocycles. The van der Waals surface area contributed by atoms with Crippen molar-refractivity contribution in [3.05, 3.63) is 24.1 Å². The highest BCUT2D eigenvalue weighted by molar-refractivity contribution is 5.29. The Labute approximate surface area is 77.6 Å². The summed E-state index contributed by atoms with van der Waals surface area (Å²) in [5.41, 5.74) is 0.387. The smallest absolute Gasteiger partial charge is 0.387 e. The zero-order chi connectivity index (χ0) is 10.9. The fourth-order valence-corrected chi connectivity index (χ4v) is 0.420. The Morgan fingerprint density at radius 1 is 1.46 bits per heavy atom. The molecule has 0 rings (SSSR count). The fraction of sp³-hybridized carbons (Fsp3) is 0.444. The third-order valence-corrected chi connectivity index (χ3v) is 0.845. The van der Waals surface area contributed by atoms with Gasteiger partial charge in [0.05, 0.1) is 6.20 Å². The molecule has 76 valence electrons. The molecule has 0 heterocycles. The van der Waals surface area contributed by atoms with Gasteiger partial charge in [0, 0.05) is 0 Å². The van der Waals surface area contributed by atoms with Gasteiger partial charge in [-0.3, -0.25) is 4.99 Å². The third kappa shape index (κ3) is 8.72. The van der Waals surface area contributed by atoms with E-state index in [9.17, 15) is 8.78 Å². The number of aliphatic imine (C=N–C) groups is 1. The first-order valence-corrected chi connectivity index (χ1v) is 3.84. The standard InChI is InChI=1S/C7H9F2NO.C2H6/c1-5(2)6(4-10-3)11-7(8)9;1-2/h4,7H,1,3H2,2H3;1-2H3/b6-4+;. The number of halogens is 2. The molecule has 0 fully saturated rings. The number of ether oxygens (including phenoxy) is 1. The van der Waals surface area contributed by atoms with Crippen molar-refractivity contribution in [3.8, 4) is 0 Å². The molecule has 0 aliphatic rings. The summed E-state index contributed by atoms with van der Waals surface area (Å²) in [5.74, 6) is -0.0463. The lowest BCUT2D eigenvalue weighted by molar-refractivity contribution is -0.0934. The Kier molecular flexibility index (Phi) is 9.82. The van der Waals surface area contributed by atoms with Crippen LogP contribution in [0.1, 0.15) is 20.8 Å². The lowest BCUT2D eigenvalue weighted by Gasteiger charge is -2.06. The van der Waals surface area contributed by atoms with Gasteiger partial charge < -0.3 is 4.74 Å². The van der Waals surface area contributed by atoms with Gasteiger partial charge in [0.15, 0.2) is 0 Å². The van der Waals surface area contributed by atoms with Crippen molar-refractivity contribution < 1.29 is 13.5 Å². The maximum absolute atomic E-state index is 11.6. The number of hydrogen-bond donors (Lipinski definition) is 0. The van der Waals surface area contributed by atoms with Crippen LogP contribution in [0.5, 0.6) is 0 Å². The molecule has 0 spiro atoms. The molecule has 0 aliphatic carbocycles. The van der Waals surface area contributed by atoms with Gasteiger partial charge >= 0.3 is 6.61 Å². The van der Waals surface area contributed by atoms with E-state index in [-0.39, 0.29) is 5.76 Å². The molecule has 0 radical (unpaired) electrons. The second-order valence-electron chi connectivity index (χ2n) is 1.83. The lowest BCUT2D eigenvalue weighted by Crippen LogP contribution is -1.99. The van der Waals surface area contributed by atoms with Gasteiger partial charge in [0.2, 0.25) is 0 Å². The SMILES string of the molecule is C=N/C=C(/OC(F)F)C(=C)C.CC. The Bertz CT molecular complexity index is 188. The molecule has 0 atom stereocenters. The van der Waals surface area contributed by atoms with Gasteiger partial charge in [-0.25, -0.2) is 0 Å². The highest BCUT2D eigenvalue weighted by Gasteiger charge is 2.06. The predicted molar refractivity (Wildman–Crippen MR) is 50.9 cm³/mol. The maximum Gasteiger partial charge on any atom is 0.387 e. The van der Waals surface area contributed by atoms with Crippen LogP contribution in [0.15, 0.2) is 29.1 Å². The van der Waals surface area contributed by atoms with Crippen molar-refractivity contribution in [2.75, 3.05) is 0 Å². The molecule has 0 aromatic rings. The number of nitrogens with zero attached hydrogens (tertiary/aromatic N) is 1. The van der Waals surface area contributed by atoms with E-state index in [2.05, 4.69) is 23.0 Å². The van der Waals surface area contributed by atoms with Crippen molar-refractivity contribution in [2.45, 2.75) is 27.4 Å². The van der Waals surface area contributed by atoms with Crippen LogP contribution < -0.4 is 0 Å². The number of alkyl halides is 2. The van der Waals surface area contributed by atoms with Gasteiger partial charge in [0.1, 0.15) is 5.76 Å². The van der Waals surface area contributed by atoms with E-state index in [1.165, 1.54) is 0 Å². The Morgan fingerprint density at radius 2 is 1.92 bits per heavy atom. The van der Waals surface area contributed by atoms with Crippen LogP contribution in [0.3, 0.4) is 0 Å². The largest absolute Gasteiger partial charge is 0.433 e. The summed E-state index contributed by atoms with van der Waals surface area (Å²) < 4.78 is 27.3. The monoisotopic (exact) mass is 191 g/mol. The predicted octanol–water partition coefficient (Wildman–Crippen LogP) is 3.37. The van der Waals surface area contributed by atoms with Crippen LogP contribution in [0.4, 0.5) is 8.78 Å². The summed E-state index contributed by atoms with van der Waals surface area (Å²) in [7, 11) is 0. The quantitative estimate of drug-likeness (QED) is 0.379. The van der Waals surface area contributed by atoms with Crippen LogP contribution >= 0.6 is 0 Å². The van der Waals surface area contributed by atoms with Gasteiger partial charge in [-0.1, -0.05) is 20.4 Å². The topological polar surface area (TPSA) is 21.6 Å². The summed E-state index contributed by atoms with van der Waals surface area (Å²) in [6.45, 7) is 9.20. The van der Waals surface area contributed by atoms with Crippen LogP contribution in [-0.2, 0) is 4.74 Å². The number of rotatable bonds is 4. The molecule has 0 aliphatic heterocycles. The average molecular weight is 191 g/mol. The third-order valence-electron chi connectivity index (χ3n) is 0.845. The van der Waals surface area contributed by atoms with Gasteiger partial charge in [-0.05, 0) is 19.2 Å². The summed E-state index contributed by atoms with van der Waals surface area (Å²) in [6, 6.07) is 0. The van der Waals surface area contributed by atoms with Crippen LogP contribution in [0.2, 0.25) is 0 Å². The first-order chi connectivity index (χ1) is 6.07. The second-order valence-corrected chi connectivity index (χ2v) is 1.83. The minimum atomic E-state index is -2.85. The first kappa shape index (κ1) is 14.3. The van der Waals surface area contributed by atoms with E-state index in [1.54, 1.807) is 6.92 Å². The van der Waals surface area contributed by atoms with Gasteiger partial charge in [-0.15, -0.1) is 0 Å². The van der Waals surface area contributed by atoms with Gasteiger partial charge in [-0.2, -0.15) is 8.78 Å². The molecule has 13 heavy (non-hydrogen) atoms. The number of allylic oxidation sites excluding steroid dienone is 1. The molecular formula is C9H15F2NO. The van der Waals surface area contributed by atoms with E-state index in [0.29, 0.717) is 5.57 Å². The molecule has 0 saturated carbocycles. The van der Waals surface area contributed by atoms with Crippen molar-refractivity contribution in [1.29, 1.82) is 0 Å². The maximum atomic E-state index is 11.6. The Morgan fingerprint density at radius 3 is 2.15 bits per heavy atom. The van der Waals surface area contributed by atoms with E-state index >= 15 is 0 Å². The van der Waals surface area contributed by atoms with Crippen LogP contribution in [0.25, 0.3) is 0 Å². The zero-order valence-electron chi connectivity index (χ0n) is 8.18. The highest BCUT2D eigenvalue weighted by Crippen LogP contribution is 2.12. The second kappa shape index (κ2) is 8.90. The molecule has 4 heteroatoms. The molecule has 0 N–H and O–H groups in total. The van der Waals surface area contributed by atoms with Crippen molar-refractivity contribution in [1.82, 2.24) is 0 Å². The van der Waals surface area contributed by atoms with Crippen molar-refractivity contribution in [2.24, 2.45) is 4.99 Å². The normalized spacial score (nSPS) is 10.2. The highest BCUT2D eigenvalue weighted by atomic mass is 19.3. The lowest BCUT2D eigenvalue weighted by atomic mass is 10.3. The van der Waals surface area contributed by atoms with Gasteiger partial charge in [0.25, 0.3) is 0 Å². The summed E-state index contributed by atoms with van der Waals surface area (Å²) >= 11 is 0. The number of hydrogen-bond acceptors (Lipinski definition) is 2. The Hall–Kier alpha value is -1.19. The summed E-state index contributed by atoms with van der Waals surface area (Å²) in [5, 5.41) is 0. The van der Waals surface area contributed by atoms with E-state index in [0.717, 1.165) is 6.20 Å². The van der Waals surface area contributed by atoms with Crippen molar-refractivity contribution in [3.63, 3.8) is 0 Å². The minimum absolute atomic E-state index is 0.0463. The molecule has 0 unspecified atom stereocenters. The van der Waals surface area contributed by atoms with Crippen LogP contribution in [0, 0.1) is 0 Å². The summed E-state index contributed by atoms with van der Waals surface area (Å²) in [4.78, 5) is 3.28. The van der Waals surface area contributed by atoms with E-state index < -0.39 is 6.61 Å². The van der Waals surface area contributed by atoms with Crippen molar-refractivity contribution >= 4 is 6.72 Å². The van der Waals surface area contributed by atoms with E-state index in [1.807, 2.05) is 13.8 Å². The minimum Gasteiger partial charge on any atom is -0.433 e. The van der Waals surface area contributed by atoms with E-state index in [4.69, 9.17) is 0 Å². The fourth-order valence-electron chi connectivity index (χ4n) is 0.420. The molecule has 0 bridgehead atoms. The summed E-state index contributed by atoms with van der Waals surface area (Å²) in [6.07, 6.45) is 1.09. The molecule has 2 nitrogen and oxygen atoms in total. The average Bonchev–Trinajstić information content (AvgIpc) is 2.06.